The fourth-order valence-corrected chi connectivity index (χ4v) is 5.57. The normalized spacial score (nSPS) is 11.7. The molecule has 2 aromatic heterocycles. The van der Waals surface area contributed by atoms with Gasteiger partial charge in [-0.3, -0.25) is 9.10 Å². The van der Waals surface area contributed by atoms with Gasteiger partial charge in [0.1, 0.15) is 22.7 Å². The van der Waals surface area contributed by atoms with E-state index in [2.05, 4.69) is 10.3 Å². The number of fused-ring (bicyclic) bond motifs is 2. The summed E-state index contributed by atoms with van der Waals surface area (Å²) in [4.78, 5) is 17.7. The van der Waals surface area contributed by atoms with E-state index in [4.69, 9.17) is 13.6 Å². The number of rotatable bonds is 7. The number of carbonyl (C=O) groups is 1. The van der Waals surface area contributed by atoms with Crippen LogP contribution in [0.4, 0.5) is 14.5 Å². The Hall–Kier alpha value is -5.23. The molecule has 1 N–H and O–H groups in total. The molecule has 0 aliphatic rings. The average molecular weight is 618 g/mol. The van der Waals surface area contributed by atoms with E-state index in [-0.39, 0.29) is 50.9 Å². The lowest BCUT2D eigenvalue weighted by atomic mass is 9.96. The number of benzene rings is 4. The van der Waals surface area contributed by atoms with Crippen LogP contribution in [0.15, 0.2) is 81.6 Å². The number of anilines is 1. The number of hydrogen-bond donors (Lipinski definition) is 1. The first kappa shape index (κ1) is 28.9. The highest BCUT2D eigenvalue weighted by atomic mass is 32.2. The summed E-state index contributed by atoms with van der Waals surface area (Å²) in [7, 11) is 0.304. The Morgan fingerprint density at radius 2 is 1.66 bits per heavy atom. The van der Waals surface area contributed by atoms with Gasteiger partial charge >= 0.3 is 0 Å². The third-order valence-electron chi connectivity index (χ3n) is 7.29. The Labute approximate surface area is 250 Å². The van der Waals surface area contributed by atoms with Gasteiger partial charge in [-0.25, -0.2) is 22.2 Å². The predicted molar refractivity (Wildman–Crippen MR) is 163 cm³/mol. The molecule has 224 valence electrons. The predicted octanol–water partition coefficient (Wildman–Crippen LogP) is 6.62. The molecule has 2 heterocycles. The van der Waals surface area contributed by atoms with Crippen molar-refractivity contribution in [3.8, 4) is 39.7 Å². The number of halogens is 2. The maximum absolute atomic E-state index is 15.7. The number of amides is 1. The number of furan rings is 1. The van der Waals surface area contributed by atoms with Crippen LogP contribution in [-0.2, 0) is 10.0 Å². The first-order valence-corrected chi connectivity index (χ1v) is 15.1. The van der Waals surface area contributed by atoms with Crippen LogP contribution >= 0.6 is 0 Å². The minimum Gasteiger partial charge on any atom is -0.493 e. The molecule has 0 bridgehead atoms. The Bertz CT molecular complexity index is 2160. The van der Waals surface area contributed by atoms with Crippen molar-refractivity contribution in [2.75, 3.05) is 31.8 Å². The van der Waals surface area contributed by atoms with Crippen LogP contribution in [0.1, 0.15) is 10.4 Å². The van der Waals surface area contributed by atoms with E-state index >= 15 is 4.39 Å². The van der Waals surface area contributed by atoms with Gasteiger partial charge < -0.3 is 18.9 Å². The Morgan fingerprint density at radius 3 is 2.32 bits per heavy atom. The SMILES string of the molecule is CNC(=O)c1c(-c2ccc(F)cc2)oc2cc(N(C)S(C)(=O)=O)c(-c3cc(F)c(OC)c(-c4nc5ccccc5o4)c3)cc12. The third kappa shape index (κ3) is 4.92. The molecule has 6 aromatic rings. The van der Waals surface area contributed by atoms with E-state index in [9.17, 15) is 17.6 Å². The molecule has 44 heavy (non-hydrogen) atoms. The summed E-state index contributed by atoms with van der Waals surface area (Å²) in [5.74, 6) is -1.59. The van der Waals surface area contributed by atoms with Crippen molar-refractivity contribution in [2.45, 2.75) is 0 Å². The highest BCUT2D eigenvalue weighted by molar-refractivity contribution is 7.92. The summed E-state index contributed by atoms with van der Waals surface area (Å²) in [5.41, 5.74) is 2.64. The van der Waals surface area contributed by atoms with Crippen LogP contribution in [-0.4, -0.2) is 46.8 Å². The molecule has 0 aliphatic heterocycles. The van der Waals surface area contributed by atoms with Gasteiger partial charge in [-0.15, -0.1) is 0 Å². The molecule has 1 amide bonds. The molecule has 6 rings (SSSR count). The zero-order valence-electron chi connectivity index (χ0n) is 23.9. The zero-order chi connectivity index (χ0) is 31.3. The van der Waals surface area contributed by atoms with Gasteiger partial charge in [0.15, 0.2) is 17.1 Å². The third-order valence-corrected chi connectivity index (χ3v) is 8.48. The van der Waals surface area contributed by atoms with Crippen LogP contribution in [0.2, 0.25) is 0 Å². The van der Waals surface area contributed by atoms with Gasteiger partial charge in [-0.2, -0.15) is 0 Å². The molecule has 0 saturated carbocycles. The van der Waals surface area contributed by atoms with E-state index in [1.54, 1.807) is 36.4 Å². The van der Waals surface area contributed by atoms with Crippen molar-refractivity contribution in [1.29, 1.82) is 0 Å². The fraction of sp³-hybridized carbons (Fsp3) is 0.125. The van der Waals surface area contributed by atoms with E-state index in [0.717, 1.165) is 10.6 Å². The van der Waals surface area contributed by atoms with Crippen molar-refractivity contribution in [3.05, 3.63) is 90.0 Å². The Kier molecular flexibility index (Phi) is 7.08. The lowest BCUT2D eigenvalue weighted by molar-refractivity contribution is 0.0964. The van der Waals surface area contributed by atoms with Crippen LogP contribution in [0.5, 0.6) is 5.75 Å². The summed E-state index contributed by atoms with van der Waals surface area (Å²) in [5, 5.41) is 2.92. The standard InChI is InChI=1S/C32H25F2N3O6S/c1-35-31(38)28-21-15-20(18-13-22(30(41-3)23(34)14-18)32-36-24-7-5-6-8-26(24)43-32)25(37(2)44(4,39)40)16-27(21)42-29(28)17-9-11-19(33)12-10-17/h5-16H,1-4H3,(H,35,38). The number of sulfonamides is 1. The Morgan fingerprint density at radius 1 is 0.932 bits per heavy atom. The molecule has 0 fully saturated rings. The highest BCUT2D eigenvalue weighted by Crippen LogP contribution is 2.44. The van der Waals surface area contributed by atoms with E-state index < -0.39 is 27.6 Å². The smallest absolute Gasteiger partial charge is 0.255 e. The quantitative estimate of drug-likeness (QED) is 0.214. The maximum Gasteiger partial charge on any atom is 0.255 e. The minimum absolute atomic E-state index is 0.0934. The number of methoxy groups -OCH3 is 1. The lowest BCUT2D eigenvalue weighted by Crippen LogP contribution is -2.25. The van der Waals surface area contributed by atoms with Crippen LogP contribution in [0.3, 0.4) is 0 Å². The van der Waals surface area contributed by atoms with Gasteiger partial charge in [-0.05, 0) is 60.2 Å². The first-order chi connectivity index (χ1) is 21.0. The van der Waals surface area contributed by atoms with Crippen LogP contribution < -0.4 is 14.4 Å². The topological polar surface area (TPSA) is 115 Å². The largest absolute Gasteiger partial charge is 0.493 e. The number of para-hydroxylation sites is 2. The summed E-state index contributed by atoms with van der Waals surface area (Å²) >= 11 is 0. The second-order valence-electron chi connectivity index (χ2n) is 10.0. The minimum atomic E-state index is -3.82. The monoisotopic (exact) mass is 617 g/mol. The molecule has 0 radical (unpaired) electrons. The van der Waals surface area contributed by atoms with Crippen molar-refractivity contribution >= 4 is 43.7 Å². The molecule has 0 atom stereocenters. The molecule has 0 unspecified atom stereocenters. The van der Waals surface area contributed by atoms with E-state index in [1.807, 2.05) is 0 Å². The summed E-state index contributed by atoms with van der Waals surface area (Å²) < 4.78 is 73.3. The van der Waals surface area contributed by atoms with Crippen molar-refractivity contribution in [3.63, 3.8) is 0 Å². The highest BCUT2D eigenvalue weighted by Gasteiger charge is 2.27. The first-order valence-electron chi connectivity index (χ1n) is 13.3. The van der Waals surface area contributed by atoms with Crippen molar-refractivity contribution in [1.82, 2.24) is 10.3 Å². The molecule has 0 aliphatic carbocycles. The second kappa shape index (κ2) is 10.8. The molecular formula is C32H25F2N3O6S. The fourth-order valence-electron chi connectivity index (χ4n) is 5.06. The van der Waals surface area contributed by atoms with Crippen LogP contribution in [0.25, 0.3) is 56.0 Å². The number of carbonyl (C=O) groups excluding carboxylic acids is 1. The van der Waals surface area contributed by atoms with Gasteiger partial charge in [0.05, 0.1) is 30.2 Å². The lowest BCUT2D eigenvalue weighted by Gasteiger charge is -2.21. The molecular weight excluding hydrogens is 592 g/mol. The van der Waals surface area contributed by atoms with E-state index in [0.29, 0.717) is 22.0 Å². The molecule has 0 saturated heterocycles. The van der Waals surface area contributed by atoms with Crippen LogP contribution in [0, 0.1) is 11.6 Å². The van der Waals surface area contributed by atoms with Crippen molar-refractivity contribution < 1.29 is 35.6 Å². The summed E-state index contributed by atoms with van der Waals surface area (Å²) in [6.45, 7) is 0. The number of ether oxygens (including phenoxy) is 1. The molecule has 9 nitrogen and oxygen atoms in total. The molecule has 0 spiro atoms. The number of aromatic nitrogens is 1. The average Bonchev–Trinajstić information content (AvgIpc) is 3.60. The van der Waals surface area contributed by atoms with Gasteiger partial charge in [0, 0.05) is 36.7 Å². The summed E-state index contributed by atoms with van der Waals surface area (Å²) in [6, 6.07) is 18.3. The van der Waals surface area contributed by atoms with Gasteiger partial charge in [0.2, 0.25) is 15.9 Å². The Balaban J connectivity index is 1.66. The summed E-state index contributed by atoms with van der Waals surface area (Å²) in [6.07, 6.45) is 1.03. The number of nitrogens with one attached hydrogen (secondary N) is 1. The second-order valence-corrected chi connectivity index (χ2v) is 12.0. The van der Waals surface area contributed by atoms with E-state index in [1.165, 1.54) is 57.6 Å². The maximum atomic E-state index is 15.7. The number of oxazole rings is 1. The van der Waals surface area contributed by atoms with Gasteiger partial charge in [0.25, 0.3) is 5.91 Å². The van der Waals surface area contributed by atoms with Crippen molar-refractivity contribution in [2.24, 2.45) is 0 Å². The molecule has 4 aromatic carbocycles. The number of nitrogens with zero attached hydrogens (tertiary/aromatic N) is 2. The number of hydrogen-bond acceptors (Lipinski definition) is 7. The molecule has 12 heteroatoms. The zero-order valence-corrected chi connectivity index (χ0v) is 24.8. The van der Waals surface area contributed by atoms with Gasteiger partial charge in [-0.1, -0.05) is 12.1 Å².